The van der Waals surface area contributed by atoms with Crippen LogP contribution in [-0.4, -0.2) is 11.5 Å². The number of thiazole rings is 1. The average molecular weight is 224 g/mol. The van der Waals surface area contributed by atoms with Crippen LogP contribution in [0.1, 0.15) is 54.1 Å². The Morgan fingerprint density at radius 2 is 2.27 bits per heavy atom. The quantitative estimate of drug-likeness (QED) is 0.777. The fourth-order valence-corrected chi connectivity index (χ4v) is 3.03. The van der Waals surface area contributed by atoms with Crippen molar-refractivity contribution < 1.29 is 0 Å². The number of hydrogen-bond donors (Lipinski definition) is 1. The molecule has 2 rings (SSSR count). The van der Waals surface area contributed by atoms with E-state index in [1.165, 1.54) is 41.3 Å². The number of hydrogen-bond acceptors (Lipinski definition) is 3. The molecule has 1 aliphatic carbocycles. The molecule has 0 aliphatic heterocycles. The minimum absolute atomic E-state index is 0.786. The Labute approximate surface area is 96.1 Å². The number of nitrogens with zero attached hydrogens (tertiary/aromatic N) is 1. The Bertz CT molecular complexity index is 315. The van der Waals surface area contributed by atoms with Gasteiger partial charge in [0.2, 0.25) is 0 Å². The molecule has 3 heteroatoms. The Morgan fingerprint density at radius 3 is 2.87 bits per heavy atom. The molecule has 0 bridgehead atoms. The van der Waals surface area contributed by atoms with Crippen molar-refractivity contribution in [1.82, 2.24) is 10.3 Å². The average Bonchev–Trinajstić information content (AvgIpc) is 2.45. The Hall–Kier alpha value is -0.410. The van der Waals surface area contributed by atoms with Crippen LogP contribution in [0.4, 0.5) is 0 Å². The third-order valence-electron chi connectivity index (χ3n) is 3.08. The molecule has 0 atom stereocenters. The Kier molecular flexibility index (Phi) is 3.76. The van der Waals surface area contributed by atoms with Crippen molar-refractivity contribution in [1.29, 1.82) is 0 Å². The molecule has 1 aromatic rings. The summed E-state index contributed by atoms with van der Waals surface area (Å²) >= 11 is 1.92. The Balaban J connectivity index is 1.94. The van der Waals surface area contributed by atoms with Gasteiger partial charge in [0.05, 0.1) is 10.7 Å². The number of aryl methyl sites for hydroxylation is 1. The SMILES string of the molecule is CCCNCc1sc(C2CCC2)nc1C. The lowest BCUT2D eigenvalue weighted by atomic mass is 9.86. The van der Waals surface area contributed by atoms with E-state index in [-0.39, 0.29) is 0 Å². The predicted molar refractivity (Wildman–Crippen MR) is 65.4 cm³/mol. The highest BCUT2D eigenvalue weighted by molar-refractivity contribution is 7.11. The van der Waals surface area contributed by atoms with E-state index in [1.54, 1.807) is 0 Å². The highest BCUT2D eigenvalue weighted by Crippen LogP contribution is 2.39. The van der Waals surface area contributed by atoms with Gasteiger partial charge in [-0.3, -0.25) is 0 Å². The summed E-state index contributed by atoms with van der Waals surface area (Å²) in [7, 11) is 0. The topological polar surface area (TPSA) is 24.9 Å². The van der Waals surface area contributed by atoms with Crippen molar-refractivity contribution in [3.05, 3.63) is 15.6 Å². The van der Waals surface area contributed by atoms with Gasteiger partial charge in [0, 0.05) is 17.3 Å². The first kappa shape index (κ1) is 11.1. The molecular formula is C12H20N2S. The van der Waals surface area contributed by atoms with Gasteiger partial charge in [-0.2, -0.15) is 0 Å². The maximum atomic E-state index is 4.69. The van der Waals surface area contributed by atoms with E-state index in [0.29, 0.717) is 0 Å². The first-order valence-corrected chi connectivity index (χ1v) is 6.79. The molecule has 1 heterocycles. The molecule has 2 nitrogen and oxygen atoms in total. The van der Waals surface area contributed by atoms with Crippen LogP contribution >= 0.6 is 11.3 Å². The van der Waals surface area contributed by atoms with Crippen molar-refractivity contribution in [2.45, 2.75) is 52.0 Å². The van der Waals surface area contributed by atoms with Gasteiger partial charge in [0.15, 0.2) is 0 Å². The molecule has 0 amide bonds. The monoisotopic (exact) mass is 224 g/mol. The van der Waals surface area contributed by atoms with Gasteiger partial charge < -0.3 is 5.32 Å². The lowest BCUT2D eigenvalue weighted by Gasteiger charge is -2.22. The molecule has 15 heavy (non-hydrogen) atoms. The predicted octanol–water partition coefficient (Wildman–Crippen LogP) is 3.22. The molecule has 1 fully saturated rings. The first-order valence-electron chi connectivity index (χ1n) is 5.98. The molecule has 84 valence electrons. The van der Waals surface area contributed by atoms with Gasteiger partial charge in [0.1, 0.15) is 0 Å². The number of nitrogens with one attached hydrogen (secondary N) is 1. The zero-order valence-corrected chi connectivity index (χ0v) is 10.5. The maximum Gasteiger partial charge on any atom is 0.0962 e. The summed E-state index contributed by atoms with van der Waals surface area (Å²) in [5.74, 6) is 0.786. The Morgan fingerprint density at radius 1 is 1.47 bits per heavy atom. The molecule has 0 unspecified atom stereocenters. The summed E-state index contributed by atoms with van der Waals surface area (Å²) in [5, 5.41) is 4.83. The summed E-state index contributed by atoms with van der Waals surface area (Å²) in [6.45, 7) is 6.45. The highest BCUT2D eigenvalue weighted by Gasteiger charge is 2.23. The molecule has 0 saturated heterocycles. The minimum atomic E-state index is 0.786. The number of aromatic nitrogens is 1. The summed E-state index contributed by atoms with van der Waals surface area (Å²) in [4.78, 5) is 6.13. The van der Waals surface area contributed by atoms with Crippen LogP contribution in [0.5, 0.6) is 0 Å². The second kappa shape index (κ2) is 5.08. The zero-order valence-electron chi connectivity index (χ0n) is 9.68. The van der Waals surface area contributed by atoms with E-state index < -0.39 is 0 Å². The normalized spacial score (nSPS) is 16.7. The zero-order chi connectivity index (χ0) is 10.7. The van der Waals surface area contributed by atoms with Crippen LogP contribution in [-0.2, 0) is 6.54 Å². The van der Waals surface area contributed by atoms with Gasteiger partial charge >= 0.3 is 0 Å². The van der Waals surface area contributed by atoms with Crippen molar-refractivity contribution >= 4 is 11.3 Å². The van der Waals surface area contributed by atoms with Crippen molar-refractivity contribution in [2.24, 2.45) is 0 Å². The van der Waals surface area contributed by atoms with Crippen LogP contribution in [0.15, 0.2) is 0 Å². The van der Waals surface area contributed by atoms with Gasteiger partial charge in [-0.1, -0.05) is 13.3 Å². The van der Waals surface area contributed by atoms with E-state index in [2.05, 4.69) is 24.1 Å². The molecule has 0 aromatic carbocycles. The van der Waals surface area contributed by atoms with E-state index in [4.69, 9.17) is 0 Å². The second-order valence-electron chi connectivity index (χ2n) is 4.37. The molecule has 1 aliphatic rings. The van der Waals surface area contributed by atoms with Gasteiger partial charge in [-0.05, 0) is 32.7 Å². The van der Waals surface area contributed by atoms with Crippen molar-refractivity contribution in [3.8, 4) is 0 Å². The first-order chi connectivity index (χ1) is 7.31. The highest BCUT2D eigenvalue weighted by atomic mass is 32.1. The molecule has 0 radical (unpaired) electrons. The second-order valence-corrected chi connectivity index (χ2v) is 5.48. The van der Waals surface area contributed by atoms with Crippen LogP contribution in [0.25, 0.3) is 0 Å². The molecular weight excluding hydrogens is 204 g/mol. The van der Waals surface area contributed by atoms with Crippen LogP contribution in [0.3, 0.4) is 0 Å². The third-order valence-corrected chi connectivity index (χ3v) is 4.40. The van der Waals surface area contributed by atoms with E-state index in [1.807, 2.05) is 11.3 Å². The summed E-state index contributed by atoms with van der Waals surface area (Å²) < 4.78 is 0. The third kappa shape index (κ3) is 2.58. The number of rotatable bonds is 5. The maximum absolute atomic E-state index is 4.69. The summed E-state index contributed by atoms with van der Waals surface area (Å²) in [5.41, 5.74) is 1.24. The summed E-state index contributed by atoms with van der Waals surface area (Å²) in [6, 6.07) is 0. The molecule has 1 saturated carbocycles. The van der Waals surface area contributed by atoms with E-state index in [9.17, 15) is 0 Å². The lowest BCUT2D eigenvalue weighted by molar-refractivity contribution is 0.418. The van der Waals surface area contributed by atoms with Crippen molar-refractivity contribution in [2.75, 3.05) is 6.54 Å². The van der Waals surface area contributed by atoms with Gasteiger partial charge in [0.25, 0.3) is 0 Å². The van der Waals surface area contributed by atoms with Crippen LogP contribution in [0.2, 0.25) is 0 Å². The fourth-order valence-electron chi connectivity index (χ4n) is 1.82. The molecule has 0 spiro atoms. The fraction of sp³-hybridized carbons (Fsp3) is 0.750. The summed E-state index contributed by atoms with van der Waals surface area (Å²) in [6.07, 6.45) is 5.31. The van der Waals surface area contributed by atoms with Gasteiger partial charge in [-0.15, -0.1) is 11.3 Å². The largest absolute Gasteiger partial charge is 0.312 e. The van der Waals surface area contributed by atoms with Crippen LogP contribution < -0.4 is 5.32 Å². The smallest absolute Gasteiger partial charge is 0.0962 e. The van der Waals surface area contributed by atoms with Gasteiger partial charge in [-0.25, -0.2) is 4.98 Å². The van der Waals surface area contributed by atoms with Crippen LogP contribution in [0, 0.1) is 6.92 Å². The lowest BCUT2D eigenvalue weighted by Crippen LogP contribution is -2.13. The van der Waals surface area contributed by atoms with Crippen molar-refractivity contribution in [3.63, 3.8) is 0 Å². The minimum Gasteiger partial charge on any atom is -0.312 e. The molecule has 1 N–H and O–H groups in total. The standard InChI is InChI=1S/C12H20N2S/c1-3-7-13-8-11-9(2)14-12(15-11)10-5-4-6-10/h10,13H,3-8H2,1-2H3. The van der Waals surface area contributed by atoms with E-state index in [0.717, 1.165) is 19.0 Å². The van der Waals surface area contributed by atoms with E-state index >= 15 is 0 Å². The molecule has 1 aromatic heterocycles.